The van der Waals surface area contributed by atoms with E-state index in [9.17, 15) is 0 Å². The van der Waals surface area contributed by atoms with Crippen LogP contribution in [-0.4, -0.2) is 29.1 Å². The average molecular weight is 308 g/mol. The van der Waals surface area contributed by atoms with Gasteiger partial charge in [-0.15, -0.1) is 0 Å². The van der Waals surface area contributed by atoms with E-state index < -0.39 is 0 Å². The standard InChI is InChI=1S/C10H12BrClN2S/c1-7-6-14(2-3-15-7)10-9(11)4-8(12)5-13-10/h4-5,7H,2-3,6H2,1H3. The largest absolute Gasteiger partial charge is 0.354 e. The van der Waals surface area contributed by atoms with Crippen LogP contribution in [0.25, 0.3) is 0 Å². The summed E-state index contributed by atoms with van der Waals surface area (Å²) < 4.78 is 0.981. The highest BCUT2D eigenvalue weighted by atomic mass is 79.9. The van der Waals surface area contributed by atoms with Crippen LogP contribution in [0.3, 0.4) is 0 Å². The summed E-state index contributed by atoms with van der Waals surface area (Å²) in [5, 5.41) is 1.34. The summed E-state index contributed by atoms with van der Waals surface area (Å²) in [4.78, 5) is 6.68. The van der Waals surface area contributed by atoms with E-state index in [1.165, 1.54) is 0 Å². The first-order valence-corrected chi connectivity index (χ1v) is 7.06. The second-order valence-electron chi connectivity index (χ2n) is 3.59. The third kappa shape index (κ3) is 2.80. The van der Waals surface area contributed by atoms with Crippen LogP contribution in [0, 0.1) is 0 Å². The van der Waals surface area contributed by atoms with Gasteiger partial charge in [-0.05, 0) is 22.0 Å². The normalized spacial score (nSPS) is 21.8. The Morgan fingerprint density at radius 2 is 2.47 bits per heavy atom. The molecule has 0 aromatic carbocycles. The van der Waals surface area contributed by atoms with Gasteiger partial charge in [0.2, 0.25) is 0 Å². The maximum atomic E-state index is 5.87. The molecule has 2 rings (SSSR count). The summed E-state index contributed by atoms with van der Waals surface area (Å²) in [5.41, 5.74) is 0. The van der Waals surface area contributed by atoms with E-state index in [0.717, 1.165) is 29.1 Å². The van der Waals surface area contributed by atoms with Gasteiger partial charge in [-0.2, -0.15) is 11.8 Å². The number of hydrogen-bond acceptors (Lipinski definition) is 3. The van der Waals surface area contributed by atoms with Crippen molar-refractivity contribution in [1.82, 2.24) is 4.98 Å². The molecule has 0 saturated carbocycles. The Labute approximate surface area is 108 Å². The highest BCUT2D eigenvalue weighted by Crippen LogP contribution is 2.29. The number of halogens is 2. The predicted octanol–water partition coefficient (Wildman–Crippen LogP) is 3.44. The molecule has 1 atom stereocenters. The first kappa shape index (κ1) is 11.6. The zero-order valence-corrected chi connectivity index (χ0v) is 11.6. The number of rotatable bonds is 1. The van der Waals surface area contributed by atoms with Gasteiger partial charge in [0.1, 0.15) is 5.82 Å². The van der Waals surface area contributed by atoms with E-state index in [-0.39, 0.29) is 0 Å². The van der Waals surface area contributed by atoms with Crippen molar-refractivity contribution in [3.05, 3.63) is 21.8 Å². The third-order valence-electron chi connectivity index (χ3n) is 2.33. The van der Waals surface area contributed by atoms with Gasteiger partial charge in [0, 0.05) is 30.3 Å². The topological polar surface area (TPSA) is 16.1 Å². The number of anilines is 1. The van der Waals surface area contributed by atoms with Gasteiger partial charge in [-0.3, -0.25) is 0 Å². The minimum Gasteiger partial charge on any atom is -0.354 e. The van der Waals surface area contributed by atoms with Crippen molar-refractivity contribution in [3.8, 4) is 0 Å². The van der Waals surface area contributed by atoms with Crippen LogP contribution >= 0.6 is 39.3 Å². The lowest BCUT2D eigenvalue weighted by Gasteiger charge is -2.32. The quantitative estimate of drug-likeness (QED) is 0.790. The molecule has 1 aromatic heterocycles. The van der Waals surface area contributed by atoms with Crippen molar-refractivity contribution in [1.29, 1.82) is 0 Å². The van der Waals surface area contributed by atoms with Gasteiger partial charge in [-0.25, -0.2) is 4.98 Å². The average Bonchev–Trinajstić information content (AvgIpc) is 2.17. The molecule has 0 spiro atoms. The fourth-order valence-corrected chi connectivity index (χ4v) is 3.55. The van der Waals surface area contributed by atoms with E-state index in [0.29, 0.717) is 10.3 Å². The highest BCUT2D eigenvalue weighted by Gasteiger charge is 2.19. The Kier molecular flexibility index (Phi) is 3.80. The van der Waals surface area contributed by atoms with Crippen LogP contribution in [-0.2, 0) is 0 Å². The van der Waals surface area contributed by atoms with Crippen molar-refractivity contribution >= 4 is 45.1 Å². The number of thioether (sulfide) groups is 1. The lowest BCUT2D eigenvalue weighted by molar-refractivity contribution is 0.768. The molecule has 1 aromatic rings. The first-order valence-electron chi connectivity index (χ1n) is 4.84. The molecule has 0 bridgehead atoms. The van der Waals surface area contributed by atoms with Crippen LogP contribution < -0.4 is 4.90 Å². The number of pyridine rings is 1. The monoisotopic (exact) mass is 306 g/mol. The van der Waals surface area contributed by atoms with Crippen LogP contribution in [0.5, 0.6) is 0 Å². The van der Waals surface area contributed by atoms with Crippen LogP contribution in [0.4, 0.5) is 5.82 Å². The molecular weight excluding hydrogens is 296 g/mol. The van der Waals surface area contributed by atoms with E-state index >= 15 is 0 Å². The summed E-state index contributed by atoms with van der Waals surface area (Å²) in [7, 11) is 0. The van der Waals surface area contributed by atoms with Crippen LogP contribution in [0.15, 0.2) is 16.7 Å². The molecule has 15 heavy (non-hydrogen) atoms. The zero-order chi connectivity index (χ0) is 10.8. The van der Waals surface area contributed by atoms with Crippen LogP contribution in [0.1, 0.15) is 6.92 Å². The molecule has 5 heteroatoms. The molecule has 1 saturated heterocycles. The molecule has 1 aliphatic rings. The smallest absolute Gasteiger partial charge is 0.143 e. The van der Waals surface area contributed by atoms with Gasteiger partial charge >= 0.3 is 0 Å². The maximum Gasteiger partial charge on any atom is 0.143 e. The molecule has 1 fully saturated rings. The van der Waals surface area contributed by atoms with E-state index in [1.54, 1.807) is 6.20 Å². The third-order valence-corrected chi connectivity index (χ3v) is 4.26. The van der Waals surface area contributed by atoms with E-state index in [1.807, 2.05) is 17.8 Å². The van der Waals surface area contributed by atoms with Crippen molar-refractivity contribution in [2.75, 3.05) is 23.7 Å². The second-order valence-corrected chi connectivity index (χ2v) is 6.42. The van der Waals surface area contributed by atoms with Crippen LogP contribution in [0.2, 0.25) is 5.02 Å². The molecule has 0 amide bonds. The van der Waals surface area contributed by atoms with Crippen molar-refractivity contribution in [3.63, 3.8) is 0 Å². The molecule has 0 N–H and O–H groups in total. The SMILES string of the molecule is CC1CN(c2ncc(Cl)cc2Br)CCS1. The van der Waals surface area contributed by atoms with Crippen molar-refractivity contribution in [2.45, 2.75) is 12.2 Å². The lowest BCUT2D eigenvalue weighted by Crippen LogP contribution is -2.37. The van der Waals surface area contributed by atoms with Crippen molar-refractivity contribution < 1.29 is 0 Å². The molecule has 0 aliphatic carbocycles. The maximum absolute atomic E-state index is 5.87. The minimum atomic E-state index is 0.670. The van der Waals surface area contributed by atoms with E-state index in [4.69, 9.17) is 11.6 Å². The van der Waals surface area contributed by atoms with E-state index in [2.05, 4.69) is 32.7 Å². The molecule has 1 unspecified atom stereocenters. The van der Waals surface area contributed by atoms with Gasteiger partial charge < -0.3 is 4.90 Å². The lowest BCUT2D eigenvalue weighted by atomic mass is 10.3. The summed E-state index contributed by atoms with van der Waals surface area (Å²) in [6, 6.07) is 1.90. The van der Waals surface area contributed by atoms with Crippen molar-refractivity contribution in [2.24, 2.45) is 0 Å². The molecule has 0 radical (unpaired) electrons. The molecule has 1 aliphatic heterocycles. The van der Waals surface area contributed by atoms with Gasteiger partial charge in [0.25, 0.3) is 0 Å². The van der Waals surface area contributed by atoms with Gasteiger partial charge in [0.05, 0.1) is 9.50 Å². The predicted molar refractivity (Wildman–Crippen MR) is 71.1 cm³/mol. The Hall–Kier alpha value is 0.0700. The summed E-state index contributed by atoms with van der Waals surface area (Å²) in [6.07, 6.45) is 1.70. The molecule has 2 nitrogen and oxygen atoms in total. The number of aromatic nitrogens is 1. The Morgan fingerprint density at radius 3 is 3.13 bits per heavy atom. The minimum absolute atomic E-state index is 0.670. The highest BCUT2D eigenvalue weighted by molar-refractivity contribution is 9.10. The second kappa shape index (κ2) is 4.93. The summed E-state index contributed by atoms with van der Waals surface area (Å²) >= 11 is 11.4. The fraction of sp³-hybridized carbons (Fsp3) is 0.500. The van der Waals surface area contributed by atoms with Gasteiger partial charge in [0.15, 0.2) is 0 Å². The Bertz CT molecular complexity index is 361. The molecule has 2 heterocycles. The Morgan fingerprint density at radius 1 is 1.67 bits per heavy atom. The fourth-order valence-electron chi connectivity index (χ4n) is 1.65. The molecule has 82 valence electrons. The van der Waals surface area contributed by atoms with Gasteiger partial charge in [-0.1, -0.05) is 18.5 Å². The Balaban J connectivity index is 2.21. The number of hydrogen-bond donors (Lipinski definition) is 0. The summed E-state index contributed by atoms with van der Waals surface area (Å²) in [5.74, 6) is 2.17. The molecular formula is C10H12BrClN2S. The zero-order valence-electron chi connectivity index (χ0n) is 8.41. The number of nitrogens with zero attached hydrogens (tertiary/aromatic N) is 2. The first-order chi connectivity index (χ1) is 7.16. The summed E-state index contributed by atoms with van der Waals surface area (Å²) in [6.45, 7) is 4.36.